The first-order valence-electron chi connectivity index (χ1n) is 7.87. The van der Waals surface area contributed by atoms with Gasteiger partial charge in [0.2, 0.25) is 0 Å². The zero-order valence-electron chi connectivity index (χ0n) is 13.0. The van der Waals surface area contributed by atoms with Gasteiger partial charge in [0.15, 0.2) is 5.82 Å². The molecule has 0 radical (unpaired) electrons. The average Bonchev–Trinajstić information content (AvgIpc) is 2.54. The van der Waals surface area contributed by atoms with E-state index < -0.39 is 0 Å². The minimum absolute atomic E-state index is 0.862. The Balaban J connectivity index is 1.85. The van der Waals surface area contributed by atoms with Crippen LogP contribution in [-0.2, 0) is 6.42 Å². The van der Waals surface area contributed by atoms with Crippen molar-refractivity contribution >= 4 is 5.82 Å². The summed E-state index contributed by atoms with van der Waals surface area (Å²) < 4.78 is 0. The quantitative estimate of drug-likeness (QED) is 0.859. The first kappa shape index (κ1) is 14.1. The van der Waals surface area contributed by atoms with Crippen LogP contribution in [0.2, 0.25) is 0 Å². The molecule has 0 bridgehead atoms. The fraction of sp³-hybridized carbons (Fsp3) is 0.444. The minimum atomic E-state index is 0.862. The molecule has 0 unspecified atom stereocenters. The lowest BCUT2D eigenvalue weighted by atomic mass is 10.0. The summed E-state index contributed by atoms with van der Waals surface area (Å²) in [7, 11) is 0. The van der Waals surface area contributed by atoms with Crippen molar-refractivity contribution in [1.82, 2.24) is 10.2 Å². The molecule has 1 aliphatic rings. The molecule has 3 heteroatoms. The van der Waals surface area contributed by atoms with Gasteiger partial charge in [0.25, 0.3) is 0 Å². The van der Waals surface area contributed by atoms with Crippen LogP contribution < -0.4 is 4.90 Å². The second-order valence-electron chi connectivity index (χ2n) is 5.93. The third-order valence-corrected chi connectivity index (χ3v) is 4.47. The zero-order valence-corrected chi connectivity index (χ0v) is 13.0. The van der Waals surface area contributed by atoms with Gasteiger partial charge in [-0.1, -0.05) is 30.3 Å². The lowest BCUT2D eigenvalue weighted by molar-refractivity contribution is 0.569. The minimum Gasteiger partial charge on any atom is -0.355 e. The molecule has 3 nitrogen and oxygen atoms in total. The Morgan fingerprint density at radius 3 is 2.33 bits per heavy atom. The highest BCUT2D eigenvalue weighted by atomic mass is 15.3. The van der Waals surface area contributed by atoms with Crippen LogP contribution in [0, 0.1) is 13.8 Å². The highest BCUT2D eigenvalue weighted by Gasteiger charge is 2.17. The van der Waals surface area contributed by atoms with Crippen molar-refractivity contribution in [1.29, 1.82) is 0 Å². The first-order valence-corrected chi connectivity index (χ1v) is 7.87. The van der Waals surface area contributed by atoms with Gasteiger partial charge in [0.05, 0.1) is 5.69 Å². The molecule has 0 N–H and O–H groups in total. The van der Waals surface area contributed by atoms with Crippen molar-refractivity contribution in [3.05, 3.63) is 52.7 Å². The summed E-state index contributed by atoms with van der Waals surface area (Å²) in [5.41, 5.74) is 4.96. The Bertz CT molecular complexity index is 601. The van der Waals surface area contributed by atoms with Gasteiger partial charge in [-0.25, -0.2) is 0 Å². The Morgan fingerprint density at radius 2 is 1.62 bits per heavy atom. The summed E-state index contributed by atoms with van der Waals surface area (Å²) >= 11 is 0. The van der Waals surface area contributed by atoms with Gasteiger partial charge in [0.1, 0.15) is 0 Å². The van der Waals surface area contributed by atoms with Crippen molar-refractivity contribution < 1.29 is 0 Å². The number of hydrogen-bond donors (Lipinski definition) is 0. The SMILES string of the molecule is Cc1c(Cc2ccccc2)nnc(N2CCCCC2)c1C. The molecule has 21 heavy (non-hydrogen) atoms. The Morgan fingerprint density at radius 1 is 0.905 bits per heavy atom. The third kappa shape index (κ3) is 3.07. The van der Waals surface area contributed by atoms with E-state index in [1.54, 1.807) is 0 Å². The van der Waals surface area contributed by atoms with Crippen LogP contribution in [0.25, 0.3) is 0 Å². The summed E-state index contributed by atoms with van der Waals surface area (Å²) in [5, 5.41) is 9.05. The molecule has 0 spiro atoms. The number of hydrogen-bond acceptors (Lipinski definition) is 3. The number of rotatable bonds is 3. The van der Waals surface area contributed by atoms with E-state index in [1.165, 1.54) is 36.0 Å². The highest BCUT2D eigenvalue weighted by Crippen LogP contribution is 2.25. The third-order valence-electron chi connectivity index (χ3n) is 4.47. The Labute approximate surface area is 127 Å². The van der Waals surface area contributed by atoms with E-state index in [2.05, 4.69) is 53.2 Å². The van der Waals surface area contributed by atoms with Crippen LogP contribution in [0.1, 0.15) is 41.6 Å². The molecule has 0 amide bonds. The summed E-state index contributed by atoms with van der Waals surface area (Å²) in [5.74, 6) is 1.09. The van der Waals surface area contributed by atoms with Crippen LogP contribution in [-0.4, -0.2) is 23.3 Å². The number of nitrogens with zero attached hydrogens (tertiary/aromatic N) is 3. The van der Waals surface area contributed by atoms with E-state index in [0.29, 0.717) is 0 Å². The topological polar surface area (TPSA) is 29.0 Å². The average molecular weight is 281 g/mol. The largest absolute Gasteiger partial charge is 0.355 e. The molecule has 2 aromatic rings. The number of aromatic nitrogens is 2. The van der Waals surface area contributed by atoms with Gasteiger partial charge < -0.3 is 4.90 Å². The van der Waals surface area contributed by atoms with Crippen molar-refractivity contribution in [2.75, 3.05) is 18.0 Å². The maximum absolute atomic E-state index is 4.53. The molecule has 0 aliphatic carbocycles. The number of piperidine rings is 1. The van der Waals surface area contributed by atoms with Crippen LogP contribution in [0.15, 0.2) is 30.3 Å². The molecular weight excluding hydrogens is 258 g/mol. The molecule has 1 aromatic heterocycles. The van der Waals surface area contributed by atoms with Crippen LogP contribution >= 0.6 is 0 Å². The summed E-state index contributed by atoms with van der Waals surface area (Å²) in [6.07, 6.45) is 4.74. The van der Waals surface area contributed by atoms with E-state index in [0.717, 1.165) is 31.0 Å². The molecular formula is C18H23N3. The molecule has 1 aromatic carbocycles. The predicted octanol–water partition coefficient (Wildman–Crippen LogP) is 3.67. The van der Waals surface area contributed by atoms with Crippen molar-refractivity contribution in [2.45, 2.75) is 39.5 Å². The maximum atomic E-state index is 4.53. The summed E-state index contributed by atoms with van der Waals surface area (Å²) in [4.78, 5) is 2.39. The van der Waals surface area contributed by atoms with E-state index >= 15 is 0 Å². The van der Waals surface area contributed by atoms with Crippen LogP contribution in [0.4, 0.5) is 5.82 Å². The van der Waals surface area contributed by atoms with Crippen LogP contribution in [0.3, 0.4) is 0 Å². The van der Waals surface area contributed by atoms with E-state index in [1.807, 2.05) is 6.07 Å². The molecule has 1 saturated heterocycles. The number of benzene rings is 1. The molecule has 0 saturated carbocycles. The lowest BCUT2D eigenvalue weighted by Crippen LogP contribution is -2.31. The van der Waals surface area contributed by atoms with Crippen molar-refractivity contribution in [2.24, 2.45) is 0 Å². The van der Waals surface area contributed by atoms with Crippen molar-refractivity contribution in [3.63, 3.8) is 0 Å². The maximum Gasteiger partial charge on any atom is 0.154 e. The molecule has 110 valence electrons. The van der Waals surface area contributed by atoms with Crippen molar-refractivity contribution in [3.8, 4) is 0 Å². The van der Waals surface area contributed by atoms with Gasteiger partial charge in [-0.3, -0.25) is 0 Å². The predicted molar refractivity (Wildman–Crippen MR) is 86.8 cm³/mol. The fourth-order valence-electron chi connectivity index (χ4n) is 3.01. The molecule has 3 rings (SSSR count). The number of anilines is 1. The van der Waals surface area contributed by atoms with E-state index in [4.69, 9.17) is 0 Å². The van der Waals surface area contributed by atoms with E-state index in [-0.39, 0.29) is 0 Å². The summed E-state index contributed by atoms with van der Waals surface area (Å²) in [6.45, 7) is 6.60. The summed E-state index contributed by atoms with van der Waals surface area (Å²) in [6, 6.07) is 10.5. The molecule has 1 aliphatic heterocycles. The normalized spacial score (nSPS) is 15.2. The van der Waals surface area contributed by atoms with Gasteiger partial charge in [0, 0.05) is 19.5 Å². The van der Waals surface area contributed by atoms with Gasteiger partial charge in [-0.05, 0) is 49.8 Å². The first-order chi connectivity index (χ1) is 10.3. The standard InChI is InChI=1S/C18H23N3/c1-14-15(2)18(21-11-7-4-8-12-21)20-19-17(14)13-16-9-5-3-6-10-16/h3,5-6,9-10H,4,7-8,11-13H2,1-2H3. The smallest absolute Gasteiger partial charge is 0.154 e. The van der Waals surface area contributed by atoms with Gasteiger partial charge >= 0.3 is 0 Å². The molecule has 0 atom stereocenters. The van der Waals surface area contributed by atoms with Crippen LogP contribution in [0.5, 0.6) is 0 Å². The lowest BCUT2D eigenvalue weighted by Gasteiger charge is -2.29. The fourth-order valence-corrected chi connectivity index (χ4v) is 3.01. The van der Waals surface area contributed by atoms with Gasteiger partial charge in [-0.15, -0.1) is 5.10 Å². The Kier molecular flexibility index (Phi) is 4.18. The zero-order chi connectivity index (χ0) is 14.7. The Hall–Kier alpha value is -1.90. The highest BCUT2D eigenvalue weighted by molar-refractivity contribution is 5.50. The second kappa shape index (κ2) is 6.25. The van der Waals surface area contributed by atoms with Gasteiger partial charge in [-0.2, -0.15) is 5.10 Å². The molecule has 2 heterocycles. The second-order valence-corrected chi connectivity index (χ2v) is 5.93. The monoisotopic (exact) mass is 281 g/mol. The van der Waals surface area contributed by atoms with E-state index in [9.17, 15) is 0 Å². The molecule has 1 fully saturated rings.